The summed E-state index contributed by atoms with van der Waals surface area (Å²) in [4.78, 5) is 14.1. The molecule has 2 rings (SSSR count). The maximum Gasteiger partial charge on any atom is 0.240 e. The fourth-order valence-electron chi connectivity index (χ4n) is 2.08. The summed E-state index contributed by atoms with van der Waals surface area (Å²) in [7, 11) is 0. The molecule has 1 heterocycles. The third kappa shape index (κ3) is 5.65. The van der Waals surface area contributed by atoms with E-state index in [1.807, 2.05) is 45.0 Å². The van der Waals surface area contributed by atoms with Crippen molar-refractivity contribution in [1.29, 1.82) is 0 Å². The summed E-state index contributed by atoms with van der Waals surface area (Å²) in [6, 6.07) is 9.53. The van der Waals surface area contributed by atoms with E-state index >= 15 is 0 Å². The molecule has 1 aromatic carbocycles. The lowest BCUT2D eigenvalue weighted by atomic mass is 10.2. The predicted octanol–water partition coefficient (Wildman–Crippen LogP) is 4.72. The van der Waals surface area contributed by atoms with E-state index in [2.05, 4.69) is 10.5 Å². The van der Waals surface area contributed by atoms with E-state index in [0.29, 0.717) is 24.5 Å². The van der Waals surface area contributed by atoms with Crippen LogP contribution in [-0.4, -0.2) is 18.2 Å². The zero-order valence-corrected chi connectivity index (χ0v) is 15.6. The summed E-state index contributed by atoms with van der Waals surface area (Å²) in [5.74, 6) is 0.681. The Morgan fingerprint density at radius 3 is 2.75 bits per heavy atom. The summed E-state index contributed by atoms with van der Waals surface area (Å²) < 4.78 is 5.67. The van der Waals surface area contributed by atoms with Gasteiger partial charge < -0.3 is 4.74 Å². The number of carbonyl (C=O) groups is 1. The molecule has 0 aliphatic rings. The maximum atomic E-state index is 11.8. The number of hydrogen-bond donors (Lipinski definition) is 1. The molecule has 1 amide bonds. The lowest BCUT2D eigenvalue weighted by Crippen LogP contribution is -2.19. The van der Waals surface area contributed by atoms with Crippen LogP contribution in [0.15, 0.2) is 35.4 Å². The lowest BCUT2D eigenvalue weighted by molar-refractivity contribution is -0.121. The lowest BCUT2D eigenvalue weighted by Gasteiger charge is -2.09. The Hall–Kier alpha value is -1.85. The highest BCUT2D eigenvalue weighted by Crippen LogP contribution is 2.22. The molecule has 0 bridgehead atoms. The van der Waals surface area contributed by atoms with Crippen LogP contribution < -0.4 is 10.2 Å². The molecule has 0 aliphatic carbocycles. The van der Waals surface area contributed by atoms with Crippen LogP contribution in [0, 0.1) is 13.8 Å². The van der Waals surface area contributed by atoms with E-state index in [1.165, 1.54) is 4.88 Å². The highest BCUT2D eigenvalue weighted by molar-refractivity contribution is 7.14. The summed E-state index contributed by atoms with van der Waals surface area (Å²) in [5.41, 5.74) is 4.39. The zero-order chi connectivity index (χ0) is 17.5. The normalized spacial score (nSPS) is 11.4. The Morgan fingerprint density at radius 1 is 1.29 bits per heavy atom. The van der Waals surface area contributed by atoms with Crippen LogP contribution >= 0.6 is 22.9 Å². The first kappa shape index (κ1) is 18.5. The second-order valence-corrected chi connectivity index (χ2v) is 7.23. The van der Waals surface area contributed by atoms with Crippen molar-refractivity contribution in [2.24, 2.45) is 5.10 Å². The minimum Gasteiger partial charge on any atom is -0.493 e. The Morgan fingerprint density at radius 2 is 2.08 bits per heavy atom. The van der Waals surface area contributed by atoms with Gasteiger partial charge in [0, 0.05) is 16.3 Å². The number of halogens is 1. The summed E-state index contributed by atoms with van der Waals surface area (Å²) >= 11 is 7.56. The predicted molar refractivity (Wildman–Crippen MR) is 100 cm³/mol. The Bertz CT molecular complexity index is 740. The van der Waals surface area contributed by atoms with Gasteiger partial charge in [-0.3, -0.25) is 4.79 Å². The van der Waals surface area contributed by atoms with Gasteiger partial charge in [-0.15, -0.1) is 11.3 Å². The molecule has 0 fully saturated rings. The molecule has 0 radical (unpaired) electrons. The van der Waals surface area contributed by atoms with E-state index in [9.17, 15) is 4.79 Å². The van der Waals surface area contributed by atoms with Crippen molar-refractivity contribution in [2.45, 2.75) is 33.6 Å². The zero-order valence-electron chi connectivity index (χ0n) is 14.1. The van der Waals surface area contributed by atoms with Crippen molar-refractivity contribution in [3.8, 4) is 5.75 Å². The number of nitrogens with zero attached hydrogens (tertiary/aromatic N) is 1. The van der Waals surface area contributed by atoms with Crippen LogP contribution in [0.2, 0.25) is 5.02 Å². The molecule has 0 unspecified atom stereocenters. The van der Waals surface area contributed by atoms with Crippen LogP contribution in [-0.2, 0) is 4.79 Å². The Kier molecular flexibility index (Phi) is 6.82. The van der Waals surface area contributed by atoms with Gasteiger partial charge in [0.25, 0.3) is 0 Å². The average Bonchev–Trinajstić information content (AvgIpc) is 2.97. The summed E-state index contributed by atoms with van der Waals surface area (Å²) in [6.45, 7) is 6.35. The molecule has 0 spiro atoms. The summed E-state index contributed by atoms with van der Waals surface area (Å²) in [6.07, 6.45) is 0.994. The smallest absolute Gasteiger partial charge is 0.240 e. The van der Waals surface area contributed by atoms with Crippen molar-refractivity contribution in [3.63, 3.8) is 0 Å². The SMILES string of the molecule is C/C(=N\NC(=O)CCCOc1ccc(Cl)cc1C)c1ccc(C)s1. The van der Waals surface area contributed by atoms with Gasteiger partial charge in [-0.1, -0.05) is 11.6 Å². The monoisotopic (exact) mass is 364 g/mol. The molecule has 128 valence electrons. The fraction of sp³-hybridized carbons (Fsp3) is 0.333. The molecule has 1 aromatic heterocycles. The van der Waals surface area contributed by atoms with Crippen molar-refractivity contribution >= 4 is 34.6 Å². The van der Waals surface area contributed by atoms with E-state index in [4.69, 9.17) is 16.3 Å². The van der Waals surface area contributed by atoms with E-state index in [-0.39, 0.29) is 5.91 Å². The molecule has 0 atom stereocenters. The molecule has 0 saturated heterocycles. The van der Waals surface area contributed by atoms with Gasteiger partial charge >= 0.3 is 0 Å². The number of benzene rings is 1. The van der Waals surface area contributed by atoms with Gasteiger partial charge in [0.1, 0.15) is 5.75 Å². The van der Waals surface area contributed by atoms with E-state index < -0.39 is 0 Å². The first-order valence-corrected chi connectivity index (χ1v) is 8.94. The summed E-state index contributed by atoms with van der Waals surface area (Å²) in [5, 5.41) is 4.83. The van der Waals surface area contributed by atoms with Gasteiger partial charge in [0.15, 0.2) is 0 Å². The highest BCUT2D eigenvalue weighted by Gasteiger charge is 2.04. The number of rotatable bonds is 7. The number of hydrogen-bond acceptors (Lipinski definition) is 4. The topological polar surface area (TPSA) is 50.7 Å². The van der Waals surface area contributed by atoms with Crippen LogP contribution in [0.3, 0.4) is 0 Å². The minimum atomic E-state index is -0.112. The number of ether oxygens (including phenoxy) is 1. The number of hydrazone groups is 1. The molecular formula is C18H21ClN2O2S. The second kappa shape index (κ2) is 8.85. The molecule has 1 N–H and O–H groups in total. The van der Waals surface area contributed by atoms with Crippen LogP contribution in [0.5, 0.6) is 5.75 Å². The Balaban J connectivity index is 1.71. The average molecular weight is 365 g/mol. The van der Waals surface area contributed by atoms with E-state index in [1.54, 1.807) is 17.4 Å². The largest absolute Gasteiger partial charge is 0.493 e. The van der Waals surface area contributed by atoms with Gasteiger partial charge in [-0.25, -0.2) is 5.43 Å². The Labute approximate surface area is 151 Å². The quantitative estimate of drug-likeness (QED) is 0.439. The maximum absolute atomic E-state index is 11.8. The molecule has 0 aliphatic heterocycles. The van der Waals surface area contributed by atoms with Crippen LogP contribution in [0.1, 0.15) is 35.1 Å². The number of aryl methyl sites for hydroxylation is 2. The van der Waals surface area contributed by atoms with Gasteiger partial charge in [0.05, 0.1) is 17.2 Å². The molecule has 6 heteroatoms. The third-order valence-corrected chi connectivity index (χ3v) is 4.73. The molecule has 24 heavy (non-hydrogen) atoms. The van der Waals surface area contributed by atoms with Crippen molar-refractivity contribution in [1.82, 2.24) is 5.43 Å². The van der Waals surface area contributed by atoms with E-state index in [0.717, 1.165) is 21.9 Å². The van der Waals surface area contributed by atoms with Crippen LogP contribution in [0.4, 0.5) is 0 Å². The van der Waals surface area contributed by atoms with Gasteiger partial charge in [0.2, 0.25) is 5.91 Å². The second-order valence-electron chi connectivity index (χ2n) is 5.50. The fourth-order valence-corrected chi connectivity index (χ4v) is 3.11. The first-order valence-electron chi connectivity index (χ1n) is 7.74. The number of amides is 1. The van der Waals surface area contributed by atoms with Crippen molar-refractivity contribution < 1.29 is 9.53 Å². The molecule has 0 saturated carbocycles. The van der Waals surface area contributed by atoms with Gasteiger partial charge in [-0.05, 0) is 63.1 Å². The standard InChI is InChI=1S/C18H21ClN2O2S/c1-12-11-15(19)7-8-16(12)23-10-4-5-18(22)21-20-14(3)17-9-6-13(2)24-17/h6-9,11H,4-5,10H2,1-3H3,(H,21,22)/b20-14+. The first-order chi connectivity index (χ1) is 11.5. The number of carbonyl (C=O) groups excluding carboxylic acids is 1. The molecule has 4 nitrogen and oxygen atoms in total. The van der Waals surface area contributed by atoms with Crippen molar-refractivity contribution in [3.05, 3.63) is 50.7 Å². The highest BCUT2D eigenvalue weighted by atomic mass is 35.5. The third-order valence-electron chi connectivity index (χ3n) is 3.39. The molecular weight excluding hydrogens is 344 g/mol. The number of thiophene rings is 1. The van der Waals surface area contributed by atoms with Crippen LogP contribution in [0.25, 0.3) is 0 Å². The van der Waals surface area contributed by atoms with Gasteiger partial charge in [-0.2, -0.15) is 5.10 Å². The number of nitrogens with one attached hydrogen (secondary N) is 1. The van der Waals surface area contributed by atoms with Crippen molar-refractivity contribution in [2.75, 3.05) is 6.61 Å². The minimum absolute atomic E-state index is 0.112. The molecule has 2 aromatic rings.